The average Bonchev–Trinajstić information content (AvgIpc) is 2.63. The summed E-state index contributed by atoms with van der Waals surface area (Å²) in [5.74, 6) is -0.160. The number of rotatable bonds is 5. The molecule has 15 heavy (non-hydrogen) atoms. The molecular formula is C9H12BrNO4. The van der Waals surface area contributed by atoms with E-state index in [0.29, 0.717) is 4.67 Å². The third-order valence-electron chi connectivity index (χ3n) is 1.81. The van der Waals surface area contributed by atoms with Crippen LogP contribution in [0.2, 0.25) is 0 Å². The van der Waals surface area contributed by atoms with Gasteiger partial charge in [-0.05, 0) is 28.1 Å². The summed E-state index contributed by atoms with van der Waals surface area (Å²) in [6.07, 6.45) is 0. The van der Waals surface area contributed by atoms with E-state index in [4.69, 9.17) is 14.6 Å². The highest BCUT2D eigenvalue weighted by Gasteiger charge is 2.17. The molecule has 0 saturated carbocycles. The lowest BCUT2D eigenvalue weighted by molar-refractivity contribution is 0.0652. The van der Waals surface area contributed by atoms with Gasteiger partial charge >= 0.3 is 0 Å². The van der Waals surface area contributed by atoms with E-state index in [2.05, 4.69) is 15.9 Å². The highest BCUT2D eigenvalue weighted by molar-refractivity contribution is 9.10. The van der Waals surface area contributed by atoms with E-state index in [-0.39, 0.29) is 38.0 Å². The van der Waals surface area contributed by atoms with Gasteiger partial charge in [-0.3, -0.25) is 4.79 Å². The molecule has 5 nitrogen and oxygen atoms in total. The van der Waals surface area contributed by atoms with E-state index in [9.17, 15) is 4.79 Å². The first kappa shape index (κ1) is 12.2. The topological polar surface area (TPSA) is 73.9 Å². The fourth-order valence-electron chi connectivity index (χ4n) is 1.14. The quantitative estimate of drug-likeness (QED) is 0.821. The number of hydrogen-bond donors (Lipinski definition) is 2. The van der Waals surface area contributed by atoms with Crippen LogP contribution in [0.1, 0.15) is 10.6 Å². The van der Waals surface area contributed by atoms with Crippen molar-refractivity contribution in [2.75, 3.05) is 26.3 Å². The van der Waals surface area contributed by atoms with Crippen LogP contribution in [0.4, 0.5) is 0 Å². The molecule has 0 fully saturated rings. The Morgan fingerprint density at radius 1 is 1.33 bits per heavy atom. The van der Waals surface area contributed by atoms with Gasteiger partial charge in [-0.25, -0.2) is 0 Å². The molecule has 0 atom stereocenters. The molecule has 0 radical (unpaired) electrons. The van der Waals surface area contributed by atoms with Crippen molar-refractivity contribution in [1.29, 1.82) is 0 Å². The fraction of sp³-hybridized carbons (Fsp3) is 0.444. The number of carbonyl (C=O) groups is 1. The number of aliphatic hydroxyl groups excluding tert-OH is 2. The number of carbonyl (C=O) groups excluding carboxylic acids is 1. The summed E-state index contributed by atoms with van der Waals surface area (Å²) in [6, 6.07) is 3.15. The maximum absolute atomic E-state index is 11.7. The first-order valence-corrected chi connectivity index (χ1v) is 5.24. The second kappa shape index (κ2) is 5.89. The first-order valence-electron chi connectivity index (χ1n) is 4.45. The normalized spacial score (nSPS) is 10.3. The minimum absolute atomic E-state index is 0.145. The molecule has 0 aliphatic rings. The zero-order valence-electron chi connectivity index (χ0n) is 8.02. The third kappa shape index (κ3) is 3.33. The summed E-state index contributed by atoms with van der Waals surface area (Å²) < 4.78 is 5.55. The number of hydrogen-bond acceptors (Lipinski definition) is 4. The standard InChI is InChI=1S/C9H12BrNO4/c10-8-2-1-7(15-8)9(14)11(3-5-12)4-6-13/h1-2,12-13H,3-6H2. The van der Waals surface area contributed by atoms with Crippen LogP contribution in [0, 0.1) is 0 Å². The maximum Gasteiger partial charge on any atom is 0.289 e. The van der Waals surface area contributed by atoms with Crippen molar-refractivity contribution in [2.24, 2.45) is 0 Å². The lowest BCUT2D eigenvalue weighted by Crippen LogP contribution is -2.35. The SMILES string of the molecule is O=C(c1ccc(Br)o1)N(CCO)CCO. The number of halogens is 1. The van der Waals surface area contributed by atoms with Crippen LogP contribution in [0.25, 0.3) is 0 Å². The van der Waals surface area contributed by atoms with Crippen molar-refractivity contribution in [2.45, 2.75) is 0 Å². The van der Waals surface area contributed by atoms with Crippen molar-refractivity contribution < 1.29 is 19.4 Å². The van der Waals surface area contributed by atoms with E-state index in [1.165, 1.54) is 11.0 Å². The lowest BCUT2D eigenvalue weighted by Gasteiger charge is -2.18. The van der Waals surface area contributed by atoms with Crippen LogP contribution in [0.5, 0.6) is 0 Å². The van der Waals surface area contributed by atoms with Gasteiger partial charge in [0.15, 0.2) is 10.4 Å². The molecule has 84 valence electrons. The van der Waals surface area contributed by atoms with E-state index >= 15 is 0 Å². The summed E-state index contributed by atoms with van der Waals surface area (Å²) in [6.45, 7) is 0.0661. The molecule has 1 amide bonds. The molecule has 0 aliphatic carbocycles. The highest BCUT2D eigenvalue weighted by Crippen LogP contribution is 2.15. The van der Waals surface area contributed by atoms with Crippen LogP contribution in [-0.4, -0.2) is 47.3 Å². The molecule has 1 aromatic heterocycles. The Morgan fingerprint density at radius 2 is 1.93 bits per heavy atom. The maximum atomic E-state index is 11.7. The minimum atomic E-state index is -0.344. The number of nitrogens with zero attached hydrogens (tertiary/aromatic N) is 1. The molecule has 1 aromatic rings. The number of amides is 1. The molecule has 1 heterocycles. The molecule has 2 N–H and O–H groups in total. The summed E-state index contributed by atoms with van der Waals surface area (Å²) in [5.41, 5.74) is 0. The third-order valence-corrected chi connectivity index (χ3v) is 2.24. The van der Waals surface area contributed by atoms with Crippen LogP contribution < -0.4 is 0 Å². The van der Waals surface area contributed by atoms with E-state index in [1.807, 2.05) is 0 Å². The molecule has 0 spiro atoms. The predicted molar refractivity (Wildman–Crippen MR) is 56.5 cm³/mol. The highest BCUT2D eigenvalue weighted by atomic mass is 79.9. The van der Waals surface area contributed by atoms with Crippen LogP contribution in [0.3, 0.4) is 0 Å². The van der Waals surface area contributed by atoms with Gasteiger partial charge in [0, 0.05) is 13.1 Å². The second-order valence-corrected chi connectivity index (χ2v) is 3.62. The van der Waals surface area contributed by atoms with Crippen LogP contribution >= 0.6 is 15.9 Å². The van der Waals surface area contributed by atoms with Gasteiger partial charge in [0.05, 0.1) is 13.2 Å². The largest absolute Gasteiger partial charge is 0.444 e. The summed E-state index contributed by atoms with van der Waals surface area (Å²) in [5, 5.41) is 17.5. The molecule has 0 aliphatic heterocycles. The monoisotopic (exact) mass is 277 g/mol. The Bertz CT molecular complexity index is 320. The molecule has 0 saturated heterocycles. The summed E-state index contributed by atoms with van der Waals surface area (Å²) in [4.78, 5) is 13.1. The van der Waals surface area contributed by atoms with E-state index < -0.39 is 0 Å². The Morgan fingerprint density at radius 3 is 2.33 bits per heavy atom. The summed E-state index contributed by atoms with van der Waals surface area (Å²) >= 11 is 3.09. The molecule has 1 rings (SSSR count). The van der Waals surface area contributed by atoms with Gasteiger partial charge in [0.1, 0.15) is 0 Å². The van der Waals surface area contributed by atoms with Gasteiger partial charge in [0.2, 0.25) is 0 Å². The minimum Gasteiger partial charge on any atom is -0.444 e. The van der Waals surface area contributed by atoms with Gasteiger partial charge in [-0.15, -0.1) is 0 Å². The van der Waals surface area contributed by atoms with Crippen molar-refractivity contribution in [1.82, 2.24) is 4.90 Å². The molecular weight excluding hydrogens is 266 g/mol. The van der Waals surface area contributed by atoms with Crippen molar-refractivity contribution in [3.8, 4) is 0 Å². The molecule has 0 aromatic carbocycles. The Hall–Kier alpha value is -0.850. The fourth-order valence-corrected chi connectivity index (χ4v) is 1.45. The number of furan rings is 1. The van der Waals surface area contributed by atoms with Crippen molar-refractivity contribution in [3.63, 3.8) is 0 Å². The lowest BCUT2D eigenvalue weighted by atomic mass is 10.3. The second-order valence-electron chi connectivity index (χ2n) is 2.84. The zero-order valence-corrected chi connectivity index (χ0v) is 9.61. The molecule has 0 unspecified atom stereocenters. The Kier molecular flexibility index (Phi) is 4.80. The van der Waals surface area contributed by atoms with Gasteiger partial charge in [0.25, 0.3) is 5.91 Å². The molecule has 6 heteroatoms. The molecule has 0 bridgehead atoms. The van der Waals surface area contributed by atoms with Crippen molar-refractivity contribution in [3.05, 3.63) is 22.6 Å². The van der Waals surface area contributed by atoms with Crippen LogP contribution in [0.15, 0.2) is 21.2 Å². The van der Waals surface area contributed by atoms with E-state index in [1.54, 1.807) is 6.07 Å². The Balaban J connectivity index is 2.71. The average molecular weight is 278 g/mol. The first-order chi connectivity index (χ1) is 7.19. The Labute approximate surface area is 95.4 Å². The van der Waals surface area contributed by atoms with Crippen molar-refractivity contribution >= 4 is 21.8 Å². The number of aliphatic hydroxyl groups is 2. The van der Waals surface area contributed by atoms with Gasteiger partial charge in [-0.2, -0.15) is 0 Å². The van der Waals surface area contributed by atoms with Gasteiger partial charge < -0.3 is 19.5 Å². The summed E-state index contributed by atoms with van der Waals surface area (Å²) in [7, 11) is 0. The predicted octanol–water partition coefficient (Wildman–Crippen LogP) is 0.469. The zero-order chi connectivity index (χ0) is 11.3. The van der Waals surface area contributed by atoms with Gasteiger partial charge in [-0.1, -0.05) is 0 Å². The van der Waals surface area contributed by atoms with Crippen LogP contribution in [-0.2, 0) is 0 Å². The van der Waals surface area contributed by atoms with E-state index in [0.717, 1.165) is 0 Å². The smallest absolute Gasteiger partial charge is 0.289 e.